The molecule has 126 valence electrons. The molecule has 1 aliphatic rings. The van der Waals surface area contributed by atoms with Crippen LogP contribution in [-0.2, 0) is 9.59 Å². The third-order valence-corrected chi connectivity index (χ3v) is 3.80. The lowest BCUT2D eigenvalue weighted by molar-refractivity contribution is -0.128. The molecular weight excluding hydrogens is 304 g/mol. The van der Waals surface area contributed by atoms with Gasteiger partial charge in [-0.05, 0) is 39.2 Å². The van der Waals surface area contributed by atoms with E-state index in [2.05, 4.69) is 5.32 Å². The fourth-order valence-electron chi connectivity index (χ4n) is 2.57. The Morgan fingerprint density at radius 1 is 1.39 bits per heavy atom. The summed E-state index contributed by atoms with van der Waals surface area (Å²) in [5.74, 6) is -2.41. The van der Waals surface area contributed by atoms with E-state index < -0.39 is 23.5 Å². The van der Waals surface area contributed by atoms with Crippen LogP contribution in [0.2, 0.25) is 0 Å². The molecule has 1 heterocycles. The summed E-state index contributed by atoms with van der Waals surface area (Å²) in [5, 5.41) is 2.37. The molecule has 0 radical (unpaired) electrons. The fourth-order valence-corrected chi connectivity index (χ4v) is 2.57. The van der Waals surface area contributed by atoms with Crippen LogP contribution in [0.25, 0.3) is 0 Å². The molecule has 1 unspecified atom stereocenters. The van der Waals surface area contributed by atoms with Gasteiger partial charge in [-0.15, -0.1) is 0 Å². The van der Waals surface area contributed by atoms with Crippen LogP contribution in [0.1, 0.15) is 12.8 Å². The molecule has 1 aliphatic heterocycles. The number of nitrogens with one attached hydrogen (secondary N) is 1. The monoisotopic (exact) mass is 325 g/mol. The summed E-state index contributed by atoms with van der Waals surface area (Å²) < 4.78 is 26.7. The van der Waals surface area contributed by atoms with Gasteiger partial charge < -0.3 is 15.1 Å². The number of likely N-dealkylation sites (tertiary alicyclic amines) is 1. The number of halogens is 2. The Labute approximate surface area is 134 Å². The van der Waals surface area contributed by atoms with Crippen molar-refractivity contribution >= 4 is 17.5 Å². The first kappa shape index (κ1) is 17.3. The maximum atomic E-state index is 13.5. The highest BCUT2D eigenvalue weighted by atomic mass is 19.1. The van der Waals surface area contributed by atoms with Gasteiger partial charge >= 0.3 is 0 Å². The Balaban J connectivity index is 1.91. The number of carbonyl (C=O) groups excluding carboxylic acids is 2. The minimum atomic E-state index is -0.702. The van der Waals surface area contributed by atoms with Gasteiger partial charge in [-0.3, -0.25) is 9.59 Å². The Bertz CT molecular complexity index is 593. The van der Waals surface area contributed by atoms with Gasteiger partial charge in [0.2, 0.25) is 11.8 Å². The average molecular weight is 325 g/mol. The van der Waals surface area contributed by atoms with Gasteiger partial charge in [-0.1, -0.05) is 0 Å². The van der Waals surface area contributed by atoms with E-state index in [1.165, 1.54) is 0 Å². The van der Waals surface area contributed by atoms with E-state index >= 15 is 0 Å². The minimum Gasteiger partial charge on any atom is -0.342 e. The normalized spacial score (nSPS) is 17.9. The Kier molecular flexibility index (Phi) is 5.65. The van der Waals surface area contributed by atoms with E-state index in [9.17, 15) is 18.4 Å². The highest BCUT2D eigenvalue weighted by Gasteiger charge is 2.34. The summed E-state index contributed by atoms with van der Waals surface area (Å²) in [7, 11) is 3.91. The molecule has 1 fully saturated rings. The van der Waals surface area contributed by atoms with Gasteiger partial charge in [0.1, 0.15) is 11.6 Å². The lowest BCUT2D eigenvalue weighted by atomic mass is 10.1. The van der Waals surface area contributed by atoms with Crippen molar-refractivity contribution in [3.8, 4) is 0 Å². The van der Waals surface area contributed by atoms with Crippen LogP contribution in [0.15, 0.2) is 18.2 Å². The average Bonchev–Trinajstić information content (AvgIpc) is 2.84. The topological polar surface area (TPSA) is 52.6 Å². The standard InChI is InChI=1S/C16H21F2N3O2/c1-20(2)6-3-7-21-10-11(8-15(21)22)16(23)19-14-9-12(17)4-5-13(14)18/h4-5,9,11H,3,6-8,10H2,1-2H3,(H,19,23). The lowest BCUT2D eigenvalue weighted by Gasteiger charge is -2.18. The third kappa shape index (κ3) is 4.72. The van der Waals surface area contributed by atoms with Crippen LogP contribution < -0.4 is 5.32 Å². The molecule has 2 rings (SSSR count). The number of hydrogen-bond acceptors (Lipinski definition) is 3. The van der Waals surface area contributed by atoms with Crippen molar-refractivity contribution in [2.45, 2.75) is 12.8 Å². The van der Waals surface area contributed by atoms with Crippen molar-refractivity contribution in [3.05, 3.63) is 29.8 Å². The van der Waals surface area contributed by atoms with E-state index in [-0.39, 0.29) is 18.0 Å². The number of benzene rings is 1. The van der Waals surface area contributed by atoms with Crippen molar-refractivity contribution in [1.29, 1.82) is 0 Å². The molecule has 1 N–H and O–H groups in total. The molecule has 23 heavy (non-hydrogen) atoms. The predicted octanol–water partition coefficient (Wildman–Crippen LogP) is 1.70. The summed E-state index contributed by atoms with van der Waals surface area (Å²) in [6, 6.07) is 2.87. The SMILES string of the molecule is CN(C)CCCN1CC(C(=O)Nc2cc(F)ccc2F)CC1=O. The van der Waals surface area contributed by atoms with Crippen molar-refractivity contribution in [2.24, 2.45) is 5.92 Å². The summed E-state index contributed by atoms with van der Waals surface area (Å²) in [6.45, 7) is 1.76. The van der Waals surface area contributed by atoms with Gasteiger partial charge in [0.25, 0.3) is 0 Å². The summed E-state index contributed by atoms with van der Waals surface area (Å²) >= 11 is 0. The second-order valence-corrected chi connectivity index (χ2v) is 6.01. The number of amides is 2. The molecule has 7 heteroatoms. The third-order valence-electron chi connectivity index (χ3n) is 3.80. The van der Waals surface area contributed by atoms with Crippen molar-refractivity contribution < 1.29 is 18.4 Å². The maximum absolute atomic E-state index is 13.5. The largest absolute Gasteiger partial charge is 0.342 e. The zero-order valence-corrected chi connectivity index (χ0v) is 13.3. The minimum absolute atomic E-state index is 0.0800. The molecule has 0 bridgehead atoms. The quantitative estimate of drug-likeness (QED) is 0.866. The molecule has 0 saturated carbocycles. The smallest absolute Gasteiger partial charge is 0.229 e. The summed E-state index contributed by atoms with van der Waals surface area (Å²) in [6.07, 6.45) is 0.927. The van der Waals surface area contributed by atoms with Gasteiger partial charge in [-0.25, -0.2) is 8.78 Å². The number of anilines is 1. The molecular formula is C16H21F2N3O2. The van der Waals surface area contributed by atoms with Crippen LogP contribution in [0, 0.1) is 17.6 Å². The molecule has 0 aromatic heterocycles. The first-order valence-corrected chi connectivity index (χ1v) is 7.55. The van der Waals surface area contributed by atoms with Crippen LogP contribution in [-0.4, -0.2) is 55.3 Å². The van der Waals surface area contributed by atoms with E-state index in [0.29, 0.717) is 13.1 Å². The van der Waals surface area contributed by atoms with E-state index in [4.69, 9.17) is 0 Å². The van der Waals surface area contributed by atoms with Crippen LogP contribution >= 0.6 is 0 Å². The molecule has 2 amide bonds. The van der Waals surface area contributed by atoms with Crippen molar-refractivity contribution in [2.75, 3.05) is 39.0 Å². The van der Waals surface area contributed by atoms with E-state index in [0.717, 1.165) is 31.2 Å². The zero-order valence-electron chi connectivity index (χ0n) is 13.3. The highest BCUT2D eigenvalue weighted by molar-refractivity contribution is 5.97. The van der Waals surface area contributed by atoms with Gasteiger partial charge in [0, 0.05) is 25.6 Å². The molecule has 1 aromatic carbocycles. The molecule has 5 nitrogen and oxygen atoms in total. The van der Waals surface area contributed by atoms with Crippen LogP contribution in [0.3, 0.4) is 0 Å². The Morgan fingerprint density at radius 3 is 2.83 bits per heavy atom. The maximum Gasteiger partial charge on any atom is 0.229 e. The number of nitrogens with zero attached hydrogens (tertiary/aromatic N) is 2. The van der Waals surface area contributed by atoms with Crippen LogP contribution in [0.4, 0.5) is 14.5 Å². The summed E-state index contributed by atoms with van der Waals surface area (Å²) in [5.41, 5.74) is -0.200. The van der Waals surface area contributed by atoms with E-state index in [1.54, 1.807) is 4.90 Å². The number of rotatable bonds is 6. The van der Waals surface area contributed by atoms with E-state index in [1.807, 2.05) is 19.0 Å². The van der Waals surface area contributed by atoms with Gasteiger partial charge in [0.05, 0.1) is 11.6 Å². The molecule has 1 saturated heterocycles. The Morgan fingerprint density at radius 2 is 2.13 bits per heavy atom. The second kappa shape index (κ2) is 7.50. The first-order chi connectivity index (χ1) is 10.9. The van der Waals surface area contributed by atoms with Crippen LogP contribution in [0.5, 0.6) is 0 Å². The zero-order chi connectivity index (χ0) is 17.0. The Hall–Kier alpha value is -2.02. The number of hydrogen-bond donors (Lipinski definition) is 1. The van der Waals surface area contributed by atoms with Gasteiger partial charge in [0.15, 0.2) is 0 Å². The molecule has 0 spiro atoms. The lowest BCUT2D eigenvalue weighted by Crippen LogP contribution is -2.30. The predicted molar refractivity (Wildman–Crippen MR) is 82.8 cm³/mol. The number of carbonyl (C=O) groups is 2. The highest BCUT2D eigenvalue weighted by Crippen LogP contribution is 2.22. The second-order valence-electron chi connectivity index (χ2n) is 6.01. The molecule has 0 aliphatic carbocycles. The van der Waals surface area contributed by atoms with Crippen molar-refractivity contribution in [3.63, 3.8) is 0 Å². The van der Waals surface area contributed by atoms with Crippen molar-refractivity contribution in [1.82, 2.24) is 9.80 Å². The van der Waals surface area contributed by atoms with Gasteiger partial charge in [-0.2, -0.15) is 0 Å². The summed E-state index contributed by atoms with van der Waals surface area (Å²) in [4.78, 5) is 27.8. The fraction of sp³-hybridized carbons (Fsp3) is 0.500. The molecule has 1 atom stereocenters. The molecule has 1 aromatic rings. The first-order valence-electron chi connectivity index (χ1n) is 7.55.